The van der Waals surface area contributed by atoms with Crippen LogP contribution >= 0.6 is 0 Å². The Morgan fingerprint density at radius 3 is 2.59 bits per heavy atom. The number of carbonyl (C=O) groups excluding carboxylic acids is 1. The lowest BCUT2D eigenvalue weighted by atomic mass is 10.0. The second kappa shape index (κ2) is 5.49. The fraction of sp³-hybridized carbons (Fsp3) is 0.833. The molecule has 1 heterocycles. The van der Waals surface area contributed by atoms with Crippen LogP contribution in [0.1, 0.15) is 25.7 Å². The smallest absolute Gasteiger partial charge is 0.323 e. The van der Waals surface area contributed by atoms with Crippen LogP contribution < -0.4 is 0 Å². The third-order valence-electron chi connectivity index (χ3n) is 3.32. The molecule has 1 aliphatic carbocycles. The van der Waals surface area contributed by atoms with Crippen LogP contribution in [-0.2, 0) is 14.3 Å². The molecule has 1 unspecified atom stereocenters. The van der Waals surface area contributed by atoms with Gasteiger partial charge in [0, 0.05) is 13.2 Å². The highest BCUT2D eigenvalue weighted by molar-refractivity contribution is 5.83. The first-order chi connectivity index (χ1) is 8.16. The van der Waals surface area contributed by atoms with Gasteiger partial charge in [0.05, 0.1) is 12.5 Å². The van der Waals surface area contributed by atoms with E-state index in [0.29, 0.717) is 25.7 Å². The molecule has 2 fully saturated rings. The van der Waals surface area contributed by atoms with Crippen molar-refractivity contribution in [3.8, 4) is 0 Å². The molecule has 0 spiro atoms. The molecule has 0 aromatic rings. The summed E-state index contributed by atoms with van der Waals surface area (Å²) >= 11 is 0. The van der Waals surface area contributed by atoms with Gasteiger partial charge >= 0.3 is 5.97 Å². The molecule has 0 radical (unpaired) electrons. The largest absolute Gasteiger partial charge is 0.480 e. The number of hydrogen-bond acceptors (Lipinski definition) is 3. The second-order valence-corrected chi connectivity index (χ2v) is 4.97. The van der Waals surface area contributed by atoms with Crippen LogP contribution in [0, 0.1) is 11.8 Å². The van der Waals surface area contributed by atoms with Crippen LogP contribution in [0.2, 0.25) is 0 Å². The number of carboxylic acids is 1. The van der Waals surface area contributed by atoms with Crippen molar-refractivity contribution in [1.82, 2.24) is 4.90 Å². The topological polar surface area (TPSA) is 66.8 Å². The number of ether oxygens (including phenoxy) is 1. The zero-order chi connectivity index (χ0) is 12.3. The Bertz CT molecular complexity index is 295. The molecule has 2 aliphatic rings. The van der Waals surface area contributed by atoms with Crippen molar-refractivity contribution in [1.29, 1.82) is 0 Å². The van der Waals surface area contributed by atoms with Crippen LogP contribution in [0.5, 0.6) is 0 Å². The van der Waals surface area contributed by atoms with E-state index in [0.717, 1.165) is 25.7 Å². The molecule has 0 aromatic carbocycles. The minimum atomic E-state index is -0.935. The first-order valence-corrected chi connectivity index (χ1v) is 6.25. The lowest BCUT2D eigenvalue weighted by Crippen LogP contribution is -2.43. The van der Waals surface area contributed by atoms with Crippen LogP contribution in [-0.4, -0.2) is 48.2 Å². The average Bonchev–Trinajstić information content (AvgIpc) is 3.12. The average molecular weight is 241 g/mol. The minimum absolute atomic E-state index is 0.0426. The van der Waals surface area contributed by atoms with E-state index in [4.69, 9.17) is 9.84 Å². The Morgan fingerprint density at radius 2 is 2.06 bits per heavy atom. The monoisotopic (exact) mass is 241 g/mol. The normalized spacial score (nSPS) is 24.4. The van der Waals surface area contributed by atoms with E-state index in [2.05, 4.69) is 0 Å². The van der Waals surface area contributed by atoms with Crippen LogP contribution in [0.25, 0.3) is 0 Å². The number of carboxylic acid groups (broad SMARTS) is 1. The van der Waals surface area contributed by atoms with Crippen molar-refractivity contribution < 1.29 is 19.4 Å². The lowest BCUT2D eigenvalue weighted by Gasteiger charge is -2.28. The molecule has 1 atom stereocenters. The summed E-state index contributed by atoms with van der Waals surface area (Å²) in [5.74, 6) is -0.598. The van der Waals surface area contributed by atoms with Gasteiger partial charge in [-0.05, 0) is 31.6 Å². The summed E-state index contributed by atoms with van der Waals surface area (Å²) < 4.78 is 5.28. The molecule has 1 N–H and O–H groups in total. The molecule has 2 rings (SSSR count). The van der Waals surface area contributed by atoms with Gasteiger partial charge in [0.1, 0.15) is 6.54 Å². The summed E-state index contributed by atoms with van der Waals surface area (Å²) in [4.78, 5) is 24.5. The first kappa shape index (κ1) is 12.4. The van der Waals surface area contributed by atoms with E-state index in [9.17, 15) is 9.59 Å². The summed E-state index contributed by atoms with van der Waals surface area (Å²) in [5, 5.41) is 8.84. The van der Waals surface area contributed by atoms with Gasteiger partial charge < -0.3 is 14.7 Å². The Balaban J connectivity index is 1.91. The fourth-order valence-corrected chi connectivity index (χ4v) is 2.20. The van der Waals surface area contributed by atoms with Gasteiger partial charge in [-0.3, -0.25) is 9.59 Å². The van der Waals surface area contributed by atoms with Crippen LogP contribution in [0.15, 0.2) is 0 Å². The third kappa shape index (κ3) is 3.70. The van der Waals surface area contributed by atoms with Gasteiger partial charge in [0.15, 0.2) is 0 Å². The third-order valence-corrected chi connectivity index (χ3v) is 3.32. The first-order valence-electron chi connectivity index (χ1n) is 6.25. The quantitative estimate of drug-likeness (QED) is 0.770. The van der Waals surface area contributed by atoms with E-state index in [1.54, 1.807) is 0 Å². The maximum atomic E-state index is 12.2. The second-order valence-electron chi connectivity index (χ2n) is 4.97. The van der Waals surface area contributed by atoms with Crippen LogP contribution in [0.3, 0.4) is 0 Å². The van der Waals surface area contributed by atoms with Gasteiger partial charge in [0.25, 0.3) is 0 Å². The molecule has 0 bridgehead atoms. The van der Waals surface area contributed by atoms with Crippen molar-refractivity contribution in [2.75, 3.05) is 26.3 Å². The Kier molecular flexibility index (Phi) is 3.99. The van der Waals surface area contributed by atoms with Crippen LogP contribution in [0.4, 0.5) is 0 Å². The molecule has 1 saturated carbocycles. The number of nitrogens with zero attached hydrogens (tertiary/aromatic N) is 1. The van der Waals surface area contributed by atoms with Gasteiger partial charge in [-0.15, -0.1) is 0 Å². The van der Waals surface area contributed by atoms with Crippen molar-refractivity contribution in [3.05, 3.63) is 0 Å². The number of aliphatic carboxylic acids is 1. The zero-order valence-corrected chi connectivity index (χ0v) is 9.93. The summed E-state index contributed by atoms with van der Waals surface area (Å²) in [6, 6.07) is 0. The van der Waals surface area contributed by atoms with E-state index in [1.165, 1.54) is 4.90 Å². The zero-order valence-electron chi connectivity index (χ0n) is 9.93. The molecule has 17 heavy (non-hydrogen) atoms. The highest BCUT2D eigenvalue weighted by Gasteiger charge is 2.32. The van der Waals surface area contributed by atoms with Gasteiger partial charge in [0.2, 0.25) is 5.91 Å². The molecule has 1 aliphatic heterocycles. The standard InChI is InChI=1S/C12H19NO4/c14-11(15)7-13(6-9-3-4-9)12(16)10-2-1-5-17-8-10/h9-10H,1-8H2,(H,14,15). The highest BCUT2D eigenvalue weighted by Crippen LogP contribution is 2.30. The predicted octanol–water partition coefficient (Wildman–Crippen LogP) is 0.736. The molecule has 5 heteroatoms. The summed E-state index contributed by atoms with van der Waals surface area (Å²) in [5.41, 5.74) is 0. The van der Waals surface area contributed by atoms with E-state index >= 15 is 0 Å². The SMILES string of the molecule is O=C(O)CN(CC1CC1)C(=O)C1CCCOC1. The molecule has 1 amide bonds. The Morgan fingerprint density at radius 1 is 1.29 bits per heavy atom. The molecule has 96 valence electrons. The van der Waals surface area contributed by atoms with Gasteiger partial charge in [-0.2, -0.15) is 0 Å². The number of rotatable bonds is 5. The van der Waals surface area contributed by atoms with Gasteiger partial charge in [-0.25, -0.2) is 0 Å². The summed E-state index contributed by atoms with van der Waals surface area (Å²) in [7, 11) is 0. The summed E-state index contributed by atoms with van der Waals surface area (Å²) in [6.45, 7) is 1.58. The molecule has 0 aromatic heterocycles. The Labute approximate surface area is 101 Å². The van der Waals surface area contributed by atoms with E-state index < -0.39 is 5.97 Å². The van der Waals surface area contributed by atoms with Crippen molar-refractivity contribution in [2.24, 2.45) is 11.8 Å². The van der Waals surface area contributed by atoms with E-state index in [-0.39, 0.29) is 18.4 Å². The molecule has 5 nitrogen and oxygen atoms in total. The summed E-state index contributed by atoms with van der Waals surface area (Å²) in [6.07, 6.45) is 3.94. The van der Waals surface area contributed by atoms with E-state index in [1.807, 2.05) is 0 Å². The fourth-order valence-electron chi connectivity index (χ4n) is 2.20. The maximum absolute atomic E-state index is 12.2. The number of hydrogen-bond donors (Lipinski definition) is 1. The molecular weight excluding hydrogens is 222 g/mol. The van der Waals surface area contributed by atoms with Crippen molar-refractivity contribution in [3.63, 3.8) is 0 Å². The molecular formula is C12H19NO4. The lowest BCUT2D eigenvalue weighted by molar-refractivity contribution is -0.148. The highest BCUT2D eigenvalue weighted by atomic mass is 16.5. The molecule has 1 saturated heterocycles. The van der Waals surface area contributed by atoms with Crippen molar-refractivity contribution in [2.45, 2.75) is 25.7 Å². The maximum Gasteiger partial charge on any atom is 0.323 e. The Hall–Kier alpha value is -1.10. The predicted molar refractivity (Wildman–Crippen MR) is 60.5 cm³/mol. The van der Waals surface area contributed by atoms with Crippen molar-refractivity contribution >= 4 is 11.9 Å². The number of carbonyl (C=O) groups is 2. The van der Waals surface area contributed by atoms with Gasteiger partial charge in [-0.1, -0.05) is 0 Å². The number of amides is 1. The minimum Gasteiger partial charge on any atom is -0.480 e.